The van der Waals surface area contributed by atoms with Gasteiger partial charge in [0.15, 0.2) is 0 Å². The van der Waals surface area contributed by atoms with Crippen molar-refractivity contribution in [2.75, 3.05) is 5.75 Å². The summed E-state index contributed by atoms with van der Waals surface area (Å²) in [6.07, 6.45) is 6.85. The Morgan fingerprint density at radius 3 is 2.56 bits per heavy atom. The number of thioether (sulfide) groups is 1. The molecule has 0 amide bonds. The van der Waals surface area contributed by atoms with Gasteiger partial charge in [-0.3, -0.25) is 0 Å². The van der Waals surface area contributed by atoms with Crippen LogP contribution < -0.4 is 0 Å². The van der Waals surface area contributed by atoms with Crippen LogP contribution in [0.3, 0.4) is 0 Å². The zero-order chi connectivity index (χ0) is 12.1. The van der Waals surface area contributed by atoms with Crippen LogP contribution in [0.1, 0.15) is 39.0 Å². The van der Waals surface area contributed by atoms with E-state index in [1.54, 1.807) is 0 Å². The Balaban J connectivity index is 0.00000106. The van der Waals surface area contributed by atoms with E-state index in [-0.39, 0.29) is 0 Å². The summed E-state index contributed by atoms with van der Waals surface area (Å²) in [5, 5.41) is 0. The van der Waals surface area contributed by atoms with Crippen molar-refractivity contribution in [1.29, 1.82) is 0 Å². The van der Waals surface area contributed by atoms with Gasteiger partial charge in [-0.15, -0.1) is 4.90 Å². The van der Waals surface area contributed by atoms with Crippen molar-refractivity contribution >= 4 is 25.4 Å². The summed E-state index contributed by atoms with van der Waals surface area (Å²) in [6, 6.07) is 11.5. The van der Waals surface area contributed by atoms with E-state index in [9.17, 15) is 0 Å². The summed E-state index contributed by atoms with van der Waals surface area (Å²) in [4.78, 5) is 1.28. The quantitative estimate of drug-likeness (QED) is 0.274. The van der Waals surface area contributed by atoms with Gasteiger partial charge in [0.2, 0.25) is 0 Å². The Hall–Kier alpha value is 0.673. The molecule has 0 atom stereocenters. The summed E-state index contributed by atoms with van der Waals surface area (Å²) in [7, 11) is 0. The van der Waals surface area contributed by atoms with Gasteiger partial charge in [-0.05, 0) is 12.2 Å². The fraction of sp³-hybridized carbons (Fsp3) is 0.538. The van der Waals surface area contributed by atoms with E-state index in [1.165, 1.54) is 59.1 Å². The van der Waals surface area contributed by atoms with Gasteiger partial charge in [0.05, 0.1) is 0 Å². The zero-order valence-corrected chi connectivity index (χ0v) is 15.4. The molecule has 0 nitrogen and oxygen atoms in total. The molecule has 0 radical (unpaired) electrons. The SMILES string of the molecule is CCCCCCCSc1[c-]cccc1.[Zn+][Br]. The molecule has 1 rings (SSSR count). The molecule has 0 bridgehead atoms. The van der Waals surface area contributed by atoms with Crippen LogP contribution in [0, 0.1) is 6.07 Å². The molecule has 0 aliphatic rings. The Bertz CT molecular complexity index is 229. The van der Waals surface area contributed by atoms with E-state index >= 15 is 0 Å². The fourth-order valence-corrected chi connectivity index (χ4v) is 2.25. The van der Waals surface area contributed by atoms with Crippen LogP contribution in [-0.2, 0) is 16.3 Å². The van der Waals surface area contributed by atoms with Crippen molar-refractivity contribution in [3.05, 3.63) is 30.3 Å². The second kappa shape index (κ2) is 13.7. The zero-order valence-electron chi connectivity index (χ0n) is 10.0. The van der Waals surface area contributed by atoms with E-state index in [0.29, 0.717) is 0 Å². The van der Waals surface area contributed by atoms with Crippen LogP contribution in [-0.4, -0.2) is 5.75 Å². The third-order valence-electron chi connectivity index (χ3n) is 2.19. The van der Waals surface area contributed by atoms with E-state index in [0.717, 1.165) is 0 Å². The minimum atomic E-state index is 1.19. The molecule has 86 valence electrons. The second-order valence-electron chi connectivity index (χ2n) is 3.49. The number of halogens is 1. The third-order valence-corrected chi connectivity index (χ3v) is 3.24. The molecule has 0 unspecified atom stereocenters. The van der Waals surface area contributed by atoms with Gasteiger partial charge in [-0.2, -0.15) is 42.1 Å². The van der Waals surface area contributed by atoms with Gasteiger partial charge in [0.25, 0.3) is 0 Å². The molecular weight excluding hydrogens is 334 g/mol. The summed E-state index contributed by atoms with van der Waals surface area (Å²) in [5.41, 5.74) is 0. The van der Waals surface area contributed by atoms with E-state index in [1.807, 2.05) is 23.9 Å². The summed E-state index contributed by atoms with van der Waals surface area (Å²) < 4.78 is 0. The number of hydrogen-bond donors (Lipinski definition) is 0. The molecule has 0 aliphatic carbocycles. The first-order valence-electron chi connectivity index (χ1n) is 5.79. The summed E-state index contributed by atoms with van der Waals surface area (Å²) in [6.45, 7) is 2.26. The predicted octanol–water partition coefficient (Wildman–Crippen LogP) is 5.39. The fourth-order valence-electron chi connectivity index (χ4n) is 1.35. The second-order valence-corrected chi connectivity index (χ2v) is 4.63. The molecule has 1 aromatic carbocycles. The van der Waals surface area contributed by atoms with Gasteiger partial charge < -0.3 is 0 Å². The van der Waals surface area contributed by atoms with Crippen LogP contribution in [0.5, 0.6) is 0 Å². The van der Waals surface area contributed by atoms with Crippen molar-refractivity contribution in [1.82, 2.24) is 0 Å². The Labute approximate surface area is 121 Å². The molecule has 1 aromatic rings. The van der Waals surface area contributed by atoms with Crippen molar-refractivity contribution in [3.63, 3.8) is 0 Å². The van der Waals surface area contributed by atoms with Crippen molar-refractivity contribution in [2.45, 2.75) is 43.9 Å². The van der Waals surface area contributed by atoms with Crippen LogP contribution >= 0.6 is 25.4 Å². The Morgan fingerprint density at radius 1 is 1.19 bits per heavy atom. The molecule has 0 N–H and O–H groups in total. The molecule has 16 heavy (non-hydrogen) atoms. The van der Waals surface area contributed by atoms with Crippen molar-refractivity contribution in [3.8, 4) is 0 Å². The minimum absolute atomic E-state index is 1.19. The van der Waals surface area contributed by atoms with Crippen LogP contribution in [0.25, 0.3) is 0 Å². The first kappa shape index (κ1) is 16.7. The van der Waals surface area contributed by atoms with Gasteiger partial charge >= 0.3 is 30.0 Å². The first-order chi connectivity index (χ1) is 7.93. The average Bonchev–Trinajstić information content (AvgIpc) is 2.37. The van der Waals surface area contributed by atoms with E-state index in [2.05, 4.69) is 38.7 Å². The molecule has 0 aliphatic heterocycles. The third kappa shape index (κ3) is 9.87. The summed E-state index contributed by atoms with van der Waals surface area (Å²) in [5.74, 6) is 1.24. The van der Waals surface area contributed by atoms with E-state index in [4.69, 9.17) is 0 Å². The molecule has 0 fully saturated rings. The van der Waals surface area contributed by atoms with Gasteiger partial charge in [0.1, 0.15) is 0 Å². The van der Waals surface area contributed by atoms with Gasteiger partial charge in [0, 0.05) is 0 Å². The molecule has 0 spiro atoms. The molecule has 0 aromatic heterocycles. The first-order valence-corrected chi connectivity index (χ1v) is 13.7. The topological polar surface area (TPSA) is 0 Å². The van der Waals surface area contributed by atoms with Crippen LogP contribution in [0.2, 0.25) is 0 Å². The van der Waals surface area contributed by atoms with Crippen molar-refractivity contribution in [2.24, 2.45) is 0 Å². The molecule has 0 heterocycles. The molecule has 0 saturated carbocycles. The monoisotopic (exact) mass is 350 g/mol. The van der Waals surface area contributed by atoms with Crippen LogP contribution in [0.4, 0.5) is 0 Å². The molecule has 0 saturated heterocycles. The van der Waals surface area contributed by atoms with Crippen molar-refractivity contribution < 1.29 is 16.3 Å². The molecule has 3 heteroatoms. The Kier molecular flexibility index (Phi) is 14.3. The maximum atomic E-state index is 3.23. The number of unbranched alkanes of at least 4 members (excludes halogenated alkanes) is 4. The standard InChI is InChI=1S/C13H19S.BrH.Zn/c1-2-3-4-5-9-12-14-13-10-7-6-8-11-13;;/h6-8,10H,2-5,9,12H2,1H3;1H;/q-1;;+2/p-1. The molecular formula is C13H19BrSZn. The number of benzene rings is 1. The number of hydrogen-bond acceptors (Lipinski definition) is 1. The van der Waals surface area contributed by atoms with E-state index < -0.39 is 0 Å². The summed E-state index contributed by atoms with van der Waals surface area (Å²) >= 11 is 6.17. The Morgan fingerprint density at radius 2 is 1.94 bits per heavy atom. The predicted molar refractivity (Wildman–Crippen MR) is 73.7 cm³/mol. The normalized spacial score (nSPS) is 9.50. The number of rotatable bonds is 7. The van der Waals surface area contributed by atoms with Gasteiger partial charge in [-0.1, -0.05) is 32.6 Å². The maximum absolute atomic E-state index is 3.23. The average molecular weight is 353 g/mol. The van der Waals surface area contributed by atoms with Gasteiger partial charge in [-0.25, -0.2) is 0 Å². The van der Waals surface area contributed by atoms with Crippen LogP contribution in [0.15, 0.2) is 29.2 Å².